The lowest BCUT2D eigenvalue weighted by molar-refractivity contribution is 0.407. The lowest BCUT2D eigenvalue weighted by Gasteiger charge is -2.09. The van der Waals surface area contributed by atoms with Crippen LogP contribution in [0.15, 0.2) is 24.4 Å². The summed E-state index contributed by atoms with van der Waals surface area (Å²) in [6, 6.07) is 6.13. The van der Waals surface area contributed by atoms with Crippen molar-refractivity contribution in [3.63, 3.8) is 0 Å². The SMILES string of the molecule is COc1ccc(C)cc1Cn1cc(C(C)Br)nn1. The average molecular weight is 310 g/mol. The molecule has 0 bridgehead atoms. The van der Waals surface area contributed by atoms with E-state index in [0.717, 1.165) is 17.0 Å². The second-order valence-corrected chi connectivity index (χ2v) is 5.65. The number of halogens is 1. The third kappa shape index (κ3) is 2.90. The van der Waals surface area contributed by atoms with E-state index in [-0.39, 0.29) is 4.83 Å². The van der Waals surface area contributed by atoms with Gasteiger partial charge in [0.1, 0.15) is 5.75 Å². The van der Waals surface area contributed by atoms with Gasteiger partial charge in [-0.25, -0.2) is 4.68 Å². The highest BCUT2D eigenvalue weighted by molar-refractivity contribution is 9.09. The Morgan fingerprint density at radius 1 is 1.44 bits per heavy atom. The number of aromatic nitrogens is 3. The van der Waals surface area contributed by atoms with Crippen LogP contribution < -0.4 is 4.74 Å². The second-order valence-electron chi connectivity index (χ2n) is 4.27. The molecule has 0 aliphatic heterocycles. The molecule has 1 aromatic heterocycles. The van der Waals surface area contributed by atoms with Crippen molar-refractivity contribution in [3.8, 4) is 5.75 Å². The largest absolute Gasteiger partial charge is 0.496 e. The molecular weight excluding hydrogens is 294 g/mol. The van der Waals surface area contributed by atoms with Gasteiger partial charge in [-0.15, -0.1) is 5.10 Å². The minimum Gasteiger partial charge on any atom is -0.496 e. The van der Waals surface area contributed by atoms with Gasteiger partial charge in [0.05, 0.1) is 24.2 Å². The molecule has 2 aromatic rings. The van der Waals surface area contributed by atoms with E-state index in [1.54, 1.807) is 7.11 Å². The van der Waals surface area contributed by atoms with Crippen molar-refractivity contribution in [2.75, 3.05) is 7.11 Å². The molecular formula is C13H16BrN3O. The number of nitrogens with zero attached hydrogens (tertiary/aromatic N) is 3. The first-order chi connectivity index (χ1) is 8.60. The Morgan fingerprint density at radius 2 is 2.22 bits per heavy atom. The van der Waals surface area contributed by atoms with Gasteiger partial charge in [-0.05, 0) is 19.9 Å². The molecule has 0 aliphatic rings. The Bertz CT molecular complexity index is 537. The normalized spacial score (nSPS) is 12.4. The molecule has 96 valence electrons. The zero-order chi connectivity index (χ0) is 13.1. The van der Waals surface area contributed by atoms with Crippen molar-refractivity contribution in [1.29, 1.82) is 0 Å². The van der Waals surface area contributed by atoms with Crippen LogP contribution in [0.3, 0.4) is 0 Å². The maximum Gasteiger partial charge on any atom is 0.123 e. The molecule has 1 aromatic carbocycles. The van der Waals surface area contributed by atoms with Crippen LogP contribution in [-0.4, -0.2) is 22.1 Å². The first-order valence-electron chi connectivity index (χ1n) is 5.77. The van der Waals surface area contributed by atoms with E-state index in [1.807, 2.05) is 29.9 Å². The standard InChI is InChI=1S/C13H16BrN3O/c1-9-4-5-13(18-3)11(6-9)7-17-8-12(10(2)14)15-16-17/h4-6,8,10H,7H2,1-3H3. The highest BCUT2D eigenvalue weighted by Gasteiger charge is 2.09. The van der Waals surface area contributed by atoms with Gasteiger partial charge in [0, 0.05) is 11.8 Å². The fourth-order valence-electron chi connectivity index (χ4n) is 1.78. The minimum atomic E-state index is 0.214. The van der Waals surface area contributed by atoms with Crippen molar-refractivity contribution < 1.29 is 4.74 Å². The molecule has 0 saturated heterocycles. The van der Waals surface area contributed by atoms with E-state index in [4.69, 9.17) is 4.74 Å². The summed E-state index contributed by atoms with van der Waals surface area (Å²) in [6.07, 6.45) is 1.95. The number of alkyl halides is 1. The van der Waals surface area contributed by atoms with Gasteiger partial charge in [0.25, 0.3) is 0 Å². The van der Waals surface area contributed by atoms with E-state index in [0.29, 0.717) is 6.54 Å². The number of rotatable bonds is 4. The lowest BCUT2D eigenvalue weighted by atomic mass is 10.1. The Labute approximate surface area is 115 Å². The monoisotopic (exact) mass is 309 g/mol. The molecule has 0 amide bonds. The van der Waals surface area contributed by atoms with E-state index < -0.39 is 0 Å². The van der Waals surface area contributed by atoms with Crippen LogP contribution >= 0.6 is 15.9 Å². The summed E-state index contributed by atoms with van der Waals surface area (Å²) in [5, 5.41) is 8.23. The van der Waals surface area contributed by atoms with Gasteiger partial charge in [0.2, 0.25) is 0 Å². The van der Waals surface area contributed by atoms with Gasteiger partial charge in [-0.3, -0.25) is 0 Å². The molecule has 0 spiro atoms. The summed E-state index contributed by atoms with van der Waals surface area (Å²) in [7, 11) is 1.68. The first kappa shape index (κ1) is 13.1. The van der Waals surface area contributed by atoms with Crippen LogP contribution in [0.25, 0.3) is 0 Å². The summed E-state index contributed by atoms with van der Waals surface area (Å²) in [6.45, 7) is 4.76. The molecule has 0 radical (unpaired) electrons. The number of benzene rings is 1. The Kier molecular flexibility index (Phi) is 4.01. The number of methoxy groups -OCH3 is 1. The van der Waals surface area contributed by atoms with Crippen LogP contribution in [0, 0.1) is 6.92 Å². The lowest BCUT2D eigenvalue weighted by Crippen LogP contribution is -2.03. The number of ether oxygens (including phenoxy) is 1. The number of aryl methyl sites for hydroxylation is 1. The highest BCUT2D eigenvalue weighted by atomic mass is 79.9. The van der Waals surface area contributed by atoms with E-state index in [2.05, 4.69) is 39.2 Å². The zero-order valence-corrected chi connectivity index (χ0v) is 12.3. The van der Waals surface area contributed by atoms with E-state index in [9.17, 15) is 0 Å². The van der Waals surface area contributed by atoms with Gasteiger partial charge in [-0.1, -0.05) is 38.8 Å². The quantitative estimate of drug-likeness (QED) is 0.815. The molecule has 2 rings (SSSR count). The van der Waals surface area contributed by atoms with Crippen LogP contribution in [0.1, 0.15) is 28.6 Å². The summed E-state index contributed by atoms with van der Waals surface area (Å²) in [4.78, 5) is 0.214. The molecule has 0 N–H and O–H groups in total. The summed E-state index contributed by atoms with van der Waals surface area (Å²) >= 11 is 3.48. The molecule has 1 unspecified atom stereocenters. The molecule has 18 heavy (non-hydrogen) atoms. The predicted molar refractivity (Wildman–Crippen MR) is 74.2 cm³/mol. The highest BCUT2D eigenvalue weighted by Crippen LogP contribution is 2.22. The topological polar surface area (TPSA) is 39.9 Å². The van der Waals surface area contributed by atoms with Gasteiger partial charge < -0.3 is 4.74 Å². The average Bonchev–Trinajstić information content (AvgIpc) is 2.78. The Morgan fingerprint density at radius 3 is 2.83 bits per heavy atom. The third-order valence-electron chi connectivity index (χ3n) is 2.73. The second kappa shape index (κ2) is 5.52. The molecule has 5 heteroatoms. The third-order valence-corrected chi connectivity index (χ3v) is 3.20. The molecule has 4 nitrogen and oxygen atoms in total. The molecule has 0 saturated carbocycles. The number of hydrogen-bond acceptors (Lipinski definition) is 3. The van der Waals surface area contributed by atoms with Crippen LogP contribution in [0.2, 0.25) is 0 Å². The predicted octanol–water partition coefficient (Wildman–Crippen LogP) is 3.10. The van der Waals surface area contributed by atoms with E-state index in [1.165, 1.54) is 5.56 Å². The van der Waals surface area contributed by atoms with Crippen molar-refractivity contribution in [2.45, 2.75) is 25.2 Å². The van der Waals surface area contributed by atoms with Crippen LogP contribution in [0.5, 0.6) is 5.75 Å². The van der Waals surface area contributed by atoms with Crippen molar-refractivity contribution in [1.82, 2.24) is 15.0 Å². The molecule has 1 atom stereocenters. The fourth-order valence-corrected chi connectivity index (χ4v) is 1.99. The Balaban J connectivity index is 2.24. The minimum absolute atomic E-state index is 0.214. The van der Waals surface area contributed by atoms with Crippen molar-refractivity contribution >= 4 is 15.9 Å². The molecule has 0 aliphatic carbocycles. The summed E-state index contributed by atoms with van der Waals surface area (Å²) in [5.74, 6) is 0.879. The Hall–Kier alpha value is -1.36. The summed E-state index contributed by atoms with van der Waals surface area (Å²) < 4.78 is 7.18. The van der Waals surface area contributed by atoms with Crippen molar-refractivity contribution in [2.24, 2.45) is 0 Å². The van der Waals surface area contributed by atoms with Gasteiger partial charge in [-0.2, -0.15) is 0 Å². The van der Waals surface area contributed by atoms with Gasteiger partial charge in [0.15, 0.2) is 0 Å². The van der Waals surface area contributed by atoms with Crippen molar-refractivity contribution in [3.05, 3.63) is 41.2 Å². The fraction of sp³-hybridized carbons (Fsp3) is 0.385. The van der Waals surface area contributed by atoms with Crippen LogP contribution in [0.4, 0.5) is 0 Å². The molecule has 0 fully saturated rings. The maximum absolute atomic E-state index is 5.36. The molecule has 1 heterocycles. The van der Waals surface area contributed by atoms with E-state index >= 15 is 0 Å². The maximum atomic E-state index is 5.36. The van der Waals surface area contributed by atoms with Gasteiger partial charge >= 0.3 is 0 Å². The first-order valence-corrected chi connectivity index (χ1v) is 6.69. The smallest absolute Gasteiger partial charge is 0.123 e. The zero-order valence-electron chi connectivity index (χ0n) is 10.7. The number of hydrogen-bond donors (Lipinski definition) is 0. The van der Waals surface area contributed by atoms with Crippen LogP contribution in [-0.2, 0) is 6.54 Å². The summed E-state index contributed by atoms with van der Waals surface area (Å²) in [5.41, 5.74) is 3.25.